The van der Waals surface area contributed by atoms with E-state index in [-0.39, 0.29) is 12.3 Å². The number of hydrogen-bond donors (Lipinski definition) is 1. The zero-order chi connectivity index (χ0) is 17.1. The van der Waals surface area contributed by atoms with Crippen molar-refractivity contribution in [2.24, 2.45) is 0 Å². The molecule has 1 atom stereocenters. The van der Waals surface area contributed by atoms with E-state index in [2.05, 4.69) is 48.5 Å². The van der Waals surface area contributed by atoms with Crippen LogP contribution in [0.15, 0.2) is 54.6 Å². The summed E-state index contributed by atoms with van der Waals surface area (Å²) in [4.78, 5) is 10.9. The number of carbonyl (C=O) groups is 1. The number of aryl methyl sites for hydroxylation is 2. The van der Waals surface area contributed by atoms with E-state index in [9.17, 15) is 4.79 Å². The van der Waals surface area contributed by atoms with Gasteiger partial charge in [-0.2, -0.15) is 0 Å². The van der Waals surface area contributed by atoms with Crippen molar-refractivity contribution in [1.82, 2.24) is 0 Å². The Morgan fingerprint density at radius 1 is 0.913 bits per heavy atom. The fraction of sp³-hybridized carbons (Fsp3) is 0.381. The van der Waals surface area contributed by atoms with Crippen LogP contribution >= 0.6 is 0 Å². The molecular weight excluding hydrogens is 284 g/mol. The Morgan fingerprint density at radius 2 is 1.43 bits per heavy atom. The van der Waals surface area contributed by atoms with Crippen LogP contribution in [0.25, 0.3) is 0 Å². The summed E-state index contributed by atoms with van der Waals surface area (Å²) in [6, 6.07) is 18.9. The molecule has 1 N–H and O–H groups in total. The smallest absolute Gasteiger partial charge is 0.303 e. The van der Waals surface area contributed by atoms with Crippen molar-refractivity contribution in [2.75, 3.05) is 0 Å². The lowest BCUT2D eigenvalue weighted by atomic mass is 9.92. The van der Waals surface area contributed by atoms with Crippen LogP contribution in [0.5, 0.6) is 0 Å². The van der Waals surface area contributed by atoms with Crippen LogP contribution in [0.1, 0.15) is 56.2 Å². The van der Waals surface area contributed by atoms with E-state index in [1.807, 2.05) is 26.8 Å². The summed E-state index contributed by atoms with van der Waals surface area (Å²) in [5.41, 5.74) is 3.77. The molecule has 124 valence electrons. The summed E-state index contributed by atoms with van der Waals surface area (Å²) in [6.07, 6.45) is 3.11. The van der Waals surface area contributed by atoms with Gasteiger partial charge in [-0.1, -0.05) is 75.4 Å². The molecule has 0 amide bonds. The summed E-state index contributed by atoms with van der Waals surface area (Å²) < 4.78 is 0. The average Bonchev–Trinajstić information content (AvgIpc) is 2.61. The van der Waals surface area contributed by atoms with Gasteiger partial charge in [-0.05, 0) is 41.9 Å². The Balaban J connectivity index is 0.00000127. The molecule has 0 aromatic heterocycles. The number of aliphatic carboxylic acids is 1. The van der Waals surface area contributed by atoms with E-state index < -0.39 is 5.97 Å². The molecule has 2 aromatic rings. The number of rotatable bonds is 7. The Labute approximate surface area is 140 Å². The molecular formula is C21H28O2. The molecule has 0 spiro atoms. The quantitative estimate of drug-likeness (QED) is 0.736. The largest absolute Gasteiger partial charge is 0.481 e. The van der Waals surface area contributed by atoms with Gasteiger partial charge in [0.05, 0.1) is 6.42 Å². The van der Waals surface area contributed by atoms with Gasteiger partial charge in [-0.25, -0.2) is 0 Å². The Bertz CT molecular complexity index is 558. The second kappa shape index (κ2) is 10.6. The topological polar surface area (TPSA) is 37.3 Å². The van der Waals surface area contributed by atoms with Gasteiger partial charge in [-0.3, -0.25) is 4.79 Å². The van der Waals surface area contributed by atoms with Gasteiger partial charge in [0.1, 0.15) is 0 Å². The van der Waals surface area contributed by atoms with E-state index in [1.165, 1.54) is 11.1 Å². The summed E-state index contributed by atoms with van der Waals surface area (Å²) in [5.74, 6) is -0.610. The fourth-order valence-electron chi connectivity index (χ4n) is 2.60. The number of carboxylic acid groups (broad SMARTS) is 1. The molecule has 2 heteroatoms. The number of carboxylic acids is 1. The third kappa shape index (κ3) is 6.68. The van der Waals surface area contributed by atoms with Gasteiger partial charge in [-0.15, -0.1) is 0 Å². The van der Waals surface area contributed by atoms with Gasteiger partial charge < -0.3 is 5.11 Å². The first kappa shape index (κ1) is 19.0. The van der Waals surface area contributed by atoms with Crippen LogP contribution in [0.4, 0.5) is 0 Å². The molecule has 0 saturated heterocycles. The zero-order valence-electron chi connectivity index (χ0n) is 14.5. The molecule has 0 aliphatic carbocycles. The van der Waals surface area contributed by atoms with Crippen molar-refractivity contribution in [3.8, 4) is 0 Å². The molecule has 1 unspecified atom stereocenters. The number of hydrogen-bond acceptors (Lipinski definition) is 1. The predicted molar refractivity (Wildman–Crippen MR) is 96.9 cm³/mol. The maximum atomic E-state index is 10.9. The number of benzene rings is 2. The first-order valence-corrected chi connectivity index (χ1v) is 8.53. The Hall–Kier alpha value is -2.09. The van der Waals surface area contributed by atoms with Crippen LogP contribution in [0.2, 0.25) is 0 Å². The standard InChI is InChI=1S/C19H22O2.C2H6/c1-2-17(14-19(20)21)18-12-10-16(11-13-18)9-8-15-6-4-3-5-7-15;1-2/h3-7,10-13,17H,2,8-9,14H2,1H3,(H,20,21);1-2H3. The first-order valence-electron chi connectivity index (χ1n) is 8.53. The summed E-state index contributed by atoms with van der Waals surface area (Å²) in [7, 11) is 0. The second-order valence-corrected chi connectivity index (χ2v) is 5.43. The van der Waals surface area contributed by atoms with Crippen LogP contribution in [-0.4, -0.2) is 11.1 Å². The monoisotopic (exact) mass is 312 g/mol. The van der Waals surface area contributed by atoms with Crippen LogP contribution < -0.4 is 0 Å². The van der Waals surface area contributed by atoms with Crippen LogP contribution in [-0.2, 0) is 17.6 Å². The Morgan fingerprint density at radius 3 is 1.91 bits per heavy atom. The SMILES string of the molecule is CC.CCC(CC(=O)O)c1ccc(CCc2ccccc2)cc1. The lowest BCUT2D eigenvalue weighted by Crippen LogP contribution is -2.05. The van der Waals surface area contributed by atoms with Gasteiger partial charge in [0, 0.05) is 0 Å². The molecule has 0 saturated carbocycles. The highest BCUT2D eigenvalue weighted by Gasteiger charge is 2.13. The second-order valence-electron chi connectivity index (χ2n) is 5.43. The average molecular weight is 312 g/mol. The highest BCUT2D eigenvalue weighted by molar-refractivity contribution is 5.68. The first-order chi connectivity index (χ1) is 11.2. The molecule has 0 aliphatic heterocycles. The van der Waals surface area contributed by atoms with E-state index in [4.69, 9.17) is 5.11 Å². The molecule has 2 nitrogen and oxygen atoms in total. The molecule has 0 radical (unpaired) electrons. The molecule has 23 heavy (non-hydrogen) atoms. The summed E-state index contributed by atoms with van der Waals surface area (Å²) in [6.45, 7) is 6.04. The van der Waals surface area contributed by atoms with Crippen LogP contribution in [0, 0.1) is 0 Å². The van der Waals surface area contributed by atoms with Crippen molar-refractivity contribution in [2.45, 2.75) is 52.4 Å². The summed E-state index contributed by atoms with van der Waals surface area (Å²) >= 11 is 0. The normalized spacial score (nSPS) is 11.3. The highest BCUT2D eigenvalue weighted by atomic mass is 16.4. The van der Waals surface area contributed by atoms with Gasteiger partial charge in [0.2, 0.25) is 0 Å². The molecule has 2 aromatic carbocycles. The summed E-state index contributed by atoms with van der Waals surface area (Å²) in [5, 5.41) is 8.94. The highest BCUT2D eigenvalue weighted by Crippen LogP contribution is 2.23. The van der Waals surface area contributed by atoms with Crippen molar-refractivity contribution in [1.29, 1.82) is 0 Å². The van der Waals surface area contributed by atoms with E-state index in [1.54, 1.807) is 0 Å². The van der Waals surface area contributed by atoms with Crippen LogP contribution in [0.3, 0.4) is 0 Å². The Kier molecular flexibility index (Phi) is 8.74. The molecule has 2 rings (SSSR count). The fourth-order valence-corrected chi connectivity index (χ4v) is 2.60. The van der Waals surface area contributed by atoms with E-state index in [0.717, 1.165) is 24.8 Å². The predicted octanol–water partition coefficient (Wildman–Crippen LogP) is 5.47. The lowest BCUT2D eigenvalue weighted by molar-refractivity contribution is -0.137. The van der Waals surface area contributed by atoms with Gasteiger partial charge in [0.15, 0.2) is 0 Å². The van der Waals surface area contributed by atoms with E-state index in [0.29, 0.717) is 0 Å². The molecule has 0 aliphatic rings. The minimum Gasteiger partial charge on any atom is -0.481 e. The third-order valence-corrected chi connectivity index (χ3v) is 3.91. The zero-order valence-corrected chi connectivity index (χ0v) is 14.5. The minimum absolute atomic E-state index is 0.116. The van der Waals surface area contributed by atoms with Crippen molar-refractivity contribution in [3.63, 3.8) is 0 Å². The molecule has 0 fully saturated rings. The molecule has 0 heterocycles. The van der Waals surface area contributed by atoms with Crippen molar-refractivity contribution >= 4 is 5.97 Å². The third-order valence-electron chi connectivity index (χ3n) is 3.91. The van der Waals surface area contributed by atoms with Crippen molar-refractivity contribution < 1.29 is 9.90 Å². The van der Waals surface area contributed by atoms with E-state index >= 15 is 0 Å². The van der Waals surface area contributed by atoms with Crippen molar-refractivity contribution in [3.05, 3.63) is 71.3 Å². The van der Waals surface area contributed by atoms with Gasteiger partial charge >= 0.3 is 5.97 Å². The molecule has 0 bridgehead atoms. The maximum absolute atomic E-state index is 10.9. The minimum atomic E-state index is -0.727. The maximum Gasteiger partial charge on any atom is 0.303 e. The lowest BCUT2D eigenvalue weighted by Gasteiger charge is -2.13. The van der Waals surface area contributed by atoms with Gasteiger partial charge in [0.25, 0.3) is 0 Å².